The number of hydrogen-bond donors (Lipinski definition) is 0. The van der Waals surface area contributed by atoms with Crippen molar-refractivity contribution in [3.8, 4) is 0 Å². The largest absolute Gasteiger partial charge is 0.393 e. The molecule has 1 fully saturated rings. The number of ether oxygens (including phenoxy) is 1. The zero-order valence-electron chi connectivity index (χ0n) is 6.85. The Morgan fingerprint density at radius 3 is 2.55 bits per heavy atom. The summed E-state index contributed by atoms with van der Waals surface area (Å²) in [5.41, 5.74) is -0.536. The lowest BCUT2D eigenvalue weighted by Crippen LogP contribution is -2.21. The molecule has 0 amide bonds. The zero-order valence-corrected chi connectivity index (χ0v) is 6.85. The Balaban J connectivity index is 2.70. The van der Waals surface area contributed by atoms with Crippen molar-refractivity contribution < 1.29 is 14.3 Å². The maximum atomic E-state index is 11.1. The average Bonchev–Trinajstić information content (AvgIpc) is 2.08. The molecule has 62 valence electrons. The Labute approximate surface area is 65.7 Å². The Morgan fingerprint density at radius 1 is 1.55 bits per heavy atom. The van der Waals surface area contributed by atoms with E-state index in [1.54, 1.807) is 6.92 Å². The lowest BCUT2D eigenvalue weighted by molar-refractivity contribution is -0.155. The van der Waals surface area contributed by atoms with E-state index in [1.807, 2.05) is 6.92 Å². The van der Waals surface area contributed by atoms with Gasteiger partial charge in [0.15, 0.2) is 0 Å². The van der Waals surface area contributed by atoms with Crippen LogP contribution in [0.3, 0.4) is 0 Å². The molecule has 0 bridgehead atoms. The van der Waals surface area contributed by atoms with Crippen LogP contribution >= 0.6 is 0 Å². The van der Waals surface area contributed by atoms with Crippen LogP contribution in [0.4, 0.5) is 0 Å². The van der Waals surface area contributed by atoms with Crippen LogP contribution in [-0.4, -0.2) is 11.9 Å². The predicted octanol–water partition coefficient (Wildman–Crippen LogP) is 1.27. The van der Waals surface area contributed by atoms with Crippen molar-refractivity contribution in [2.45, 2.75) is 33.1 Å². The van der Waals surface area contributed by atoms with Gasteiger partial charge in [-0.15, -0.1) is 0 Å². The summed E-state index contributed by atoms with van der Waals surface area (Å²) >= 11 is 0. The highest BCUT2D eigenvalue weighted by molar-refractivity contribution is 5.97. The van der Waals surface area contributed by atoms with Gasteiger partial charge in [0.1, 0.15) is 0 Å². The normalized spacial score (nSPS) is 30.7. The van der Waals surface area contributed by atoms with E-state index in [1.165, 1.54) is 0 Å². The summed E-state index contributed by atoms with van der Waals surface area (Å²) in [5.74, 6) is -0.740. The summed E-state index contributed by atoms with van der Waals surface area (Å²) < 4.78 is 4.45. The summed E-state index contributed by atoms with van der Waals surface area (Å²) in [5, 5.41) is 0. The molecule has 1 aliphatic rings. The molecule has 1 rings (SSSR count). The molecule has 0 N–H and O–H groups in total. The molecule has 11 heavy (non-hydrogen) atoms. The molecule has 0 aromatic carbocycles. The van der Waals surface area contributed by atoms with Gasteiger partial charge in [0.2, 0.25) is 0 Å². The summed E-state index contributed by atoms with van der Waals surface area (Å²) in [4.78, 5) is 21.8. The standard InChI is InChI=1S/C8H12O3/c1-3-4-8(2)5-6(9)11-7(8)10/h3-5H2,1-2H3. The van der Waals surface area contributed by atoms with Gasteiger partial charge in [0.25, 0.3) is 0 Å². The second-order valence-corrected chi connectivity index (χ2v) is 3.25. The molecule has 1 aliphatic heterocycles. The van der Waals surface area contributed by atoms with Crippen LogP contribution in [-0.2, 0) is 14.3 Å². The van der Waals surface area contributed by atoms with Gasteiger partial charge in [-0.3, -0.25) is 9.59 Å². The van der Waals surface area contributed by atoms with Crippen molar-refractivity contribution in [3.63, 3.8) is 0 Å². The molecule has 1 heterocycles. The lowest BCUT2D eigenvalue weighted by atomic mass is 9.84. The van der Waals surface area contributed by atoms with Crippen LogP contribution in [0, 0.1) is 5.41 Å². The Kier molecular flexibility index (Phi) is 1.98. The highest BCUT2D eigenvalue weighted by Gasteiger charge is 2.44. The number of carbonyl (C=O) groups is 2. The van der Waals surface area contributed by atoms with Gasteiger partial charge in [-0.2, -0.15) is 0 Å². The minimum absolute atomic E-state index is 0.250. The molecule has 1 unspecified atom stereocenters. The van der Waals surface area contributed by atoms with E-state index in [0.717, 1.165) is 12.8 Å². The molecule has 3 nitrogen and oxygen atoms in total. The van der Waals surface area contributed by atoms with Crippen LogP contribution < -0.4 is 0 Å². The predicted molar refractivity (Wildman–Crippen MR) is 38.7 cm³/mol. The van der Waals surface area contributed by atoms with E-state index in [4.69, 9.17) is 0 Å². The van der Waals surface area contributed by atoms with Crippen molar-refractivity contribution in [1.82, 2.24) is 0 Å². The van der Waals surface area contributed by atoms with Crippen LogP contribution in [0.1, 0.15) is 33.1 Å². The second-order valence-electron chi connectivity index (χ2n) is 3.25. The van der Waals surface area contributed by atoms with Gasteiger partial charge in [0.05, 0.1) is 11.8 Å². The molecule has 0 aromatic rings. The molecule has 1 saturated heterocycles. The summed E-state index contributed by atoms with van der Waals surface area (Å²) in [6.07, 6.45) is 1.89. The minimum Gasteiger partial charge on any atom is -0.393 e. The van der Waals surface area contributed by atoms with Crippen molar-refractivity contribution >= 4 is 11.9 Å². The van der Waals surface area contributed by atoms with Crippen molar-refractivity contribution in [2.75, 3.05) is 0 Å². The van der Waals surface area contributed by atoms with Crippen LogP contribution in [0.25, 0.3) is 0 Å². The zero-order chi connectivity index (χ0) is 8.48. The number of cyclic esters (lactones) is 2. The first kappa shape index (κ1) is 8.24. The maximum Gasteiger partial charge on any atom is 0.320 e. The maximum absolute atomic E-state index is 11.1. The third-order valence-corrected chi connectivity index (χ3v) is 2.04. The van der Waals surface area contributed by atoms with E-state index in [9.17, 15) is 9.59 Å². The first-order valence-corrected chi connectivity index (χ1v) is 3.83. The third kappa shape index (κ3) is 1.42. The summed E-state index contributed by atoms with van der Waals surface area (Å²) in [6.45, 7) is 3.77. The van der Waals surface area contributed by atoms with Gasteiger partial charge >= 0.3 is 11.9 Å². The average molecular weight is 156 g/mol. The number of hydrogen-bond acceptors (Lipinski definition) is 3. The highest BCUT2D eigenvalue weighted by Crippen LogP contribution is 2.34. The SMILES string of the molecule is CCCC1(C)CC(=O)OC1=O. The number of carbonyl (C=O) groups excluding carboxylic acids is 2. The van der Waals surface area contributed by atoms with E-state index >= 15 is 0 Å². The number of rotatable bonds is 2. The topological polar surface area (TPSA) is 43.4 Å². The first-order chi connectivity index (χ1) is 5.08. The van der Waals surface area contributed by atoms with Gasteiger partial charge in [0, 0.05) is 0 Å². The molecule has 0 aromatic heterocycles. The fourth-order valence-corrected chi connectivity index (χ4v) is 1.40. The summed E-state index contributed by atoms with van der Waals surface area (Å²) in [6, 6.07) is 0. The van der Waals surface area contributed by atoms with E-state index in [0.29, 0.717) is 0 Å². The van der Waals surface area contributed by atoms with Gasteiger partial charge in [-0.25, -0.2) is 0 Å². The molecule has 0 radical (unpaired) electrons. The van der Waals surface area contributed by atoms with Crippen LogP contribution in [0.15, 0.2) is 0 Å². The van der Waals surface area contributed by atoms with Crippen molar-refractivity contribution in [3.05, 3.63) is 0 Å². The molecular formula is C8H12O3. The minimum atomic E-state index is -0.536. The van der Waals surface area contributed by atoms with Gasteiger partial charge < -0.3 is 4.74 Å². The van der Waals surface area contributed by atoms with Crippen LogP contribution in [0.2, 0.25) is 0 Å². The molecule has 0 saturated carbocycles. The fraction of sp³-hybridized carbons (Fsp3) is 0.750. The Hall–Kier alpha value is -0.860. The Morgan fingerprint density at radius 2 is 2.18 bits per heavy atom. The molecule has 1 atom stereocenters. The van der Waals surface area contributed by atoms with E-state index in [-0.39, 0.29) is 18.4 Å². The molecule has 3 heteroatoms. The number of esters is 2. The van der Waals surface area contributed by atoms with Gasteiger partial charge in [-0.05, 0) is 13.3 Å². The van der Waals surface area contributed by atoms with Gasteiger partial charge in [-0.1, -0.05) is 13.3 Å². The monoisotopic (exact) mass is 156 g/mol. The summed E-state index contributed by atoms with van der Waals surface area (Å²) in [7, 11) is 0. The molecular weight excluding hydrogens is 144 g/mol. The molecule has 0 spiro atoms. The van der Waals surface area contributed by atoms with E-state index < -0.39 is 5.41 Å². The van der Waals surface area contributed by atoms with Crippen molar-refractivity contribution in [2.24, 2.45) is 5.41 Å². The highest BCUT2D eigenvalue weighted by atomic mass is 16.6. The Bertz CT molecular complexity index is 198. The van der Waals surface area contributed by atoms with Crippen molar-refractivity contribution in [1.29, 1.82) is 0 Å². The lowest BCUT2D eigenvalue weighted by Gasteiger charge is -2.15. The fourth-order valence-electron chi connectivity index (χ4n) is 1.40. The quantitative estimate of drug-likeness (QED) is 0.446. The van der Waals surface area contributed by atoms with Crippen LogP contribution in [0.5, 0.6) is 0 Å². The molecule has 0 aliphatic carbocycles. The van der Waals surface area contributed by atoms with E-state index in [2.05, 4.69) is 4.74 Å². The third-order valence-electron chi connectivity index (χ3n) is 2.04. The first-order valence-electron chi connectivity index (χ1n) is 3.83. The smallest absolute Gasteiger partial charge is 0.320 e. The second kappa shape index (κ2) is 2.64.